The normalized spacial score (nSPS) is 14.3. The summed E-state index contributed by atoms with van der Waals surface area (Å²) in [4.78, 5) is 29.4. The Morgan fingerprint density at radius 3 is 1.53 bits per heavy atom. The Bertz CT molecular complexity index is 1100. The van der Waals surface area contributed by atoms with Crippen LogP contribution in [0.25, 0.3) is 6.08 Å². The molecule has 3 aromatic carbocycles. The van der Waals surface area contributed by atoms with E-state index in [1.54, 1.807) is 66.7 Å². The quantitative estimate of drug-likeness (QED) is 0.289. The van der Waals surface area contributed by atoms with E-state index >= 15 is 0 Å². The van der Waals surface area contributed by atoms with Gasteiger partial charge in [0, 0.05) is 15.6 Å². The van der Waals surface area contributed by atoms with Gasteiger partial charge in [0.2, 0.25) is 0 Å². The molecule has 2 amide bonds. The van der Waals surface area contributed by atoms with Gasteiger partial charge in [-0.15, -0.1) is 0 Å². The lowest BCUT2D eigenvalue weighted by Crippen LogP contribution is -2.56. The van der Waals surface area contributed by atoms with Gasteiger partial charge < -0.3 is 0 Å². The molecule has 0 unspecified atom stereocenters. The molecule has 30 heavy (non-hydrogen) atoms. The molecule has 0 N–H and O–H groups in total. The van der Waals surface area contributed by atoms with Gasteiger partial charge in [0.05, 0.1) is 11.4 Å². The van der Waals surface area contributed by atoms with Crippen LogP contribution in [0, 0.1) is 0 Å². The van der Waals surface area contributed by atoms with E-state index in [0.29, 0.717) is 27.0 Å². The molecule has 1 fully saturated rings. The number of nitrogens with zero attached hydrogens (tertiary/aromatic N) is 2. The summed E-state index contributed by atoms with van der Waals surface area (Å²) in [6, 6.07) is 22.8. The van der Waals surface area contributed by atoms with Crippen molar-refractivity contribution in [1.29, 1.82) is 0 Å². The van der Waals surface area contributed by atoms with E-state index < -0.39 is 11.8 Å². The van der Waals surface area contributed by atoms with Gasteiger partial charge in [0.25, 0.3) is 11.8 Å². The number of amides is 2. The molecule has 0 radical (unpaired) electrons. The molecule has 0 spiro atoms. The number of hydrogen-bond donors (Lipinski definition) is 0. The standard InChI is InChI=1S/C23H14Cl2N2O2S/c24-19-12-7-13-20(25)17(19)14-18-21(28)26(15-8-3-1-4-9-15)23(30)27(22(18)29)16-10-5-2-6-11-16/h1-14H. The van der Waals surface area contributed by atoms with Crippen molar-refractivity contribution in [2.75, 3.05) is 9.80 Å². The third kappa shape index (κ3) is 3.63. The van der Waals surface area contributed by atoms with E-state index in [1.165, 1.54) is 15.9 Å². The van der Waals surface area contributed by atoms with Gasteiger partial charge in [0.1, 0.15) is 5.57 Å². The van der Waals surface area contributed by atoms with Crippen LogP contribution in [0.5, 0.6) is 0 Å². The molecule has 0 bridgehead atoms. The van der Waals surface area contributed by atoms with Gasteiger partial charge in [-0.3, -0.25) is 19.4 Å². The molecular formula is C23H14Cl2N2O2S. The molecule has 4 nitrogen and oxygen atoms in total. The first-order valence-corrected chi connectivity index (χ1v) is 10.1. The Balaban J connectivity index is 1.91. The summed E-state index contributed by atoms with van der Waals surface area (Å²) in [5.41, 5.74) is 1.41. The molecule has 1 aliphatic heterocycles. The lowest BCUT2D eigenvalue weighted by atomic mass is 10.0. The van der Waals surface area contributed by atoms with Crippen LogP contribution in [0.3, 0.4) is 0 Å². The molecule has 0 aliphatic carbocycles. The lowest BCUT2D eigenvalue weighted by molar-refractivity contribution is -0.120. The maximum absolute atomic E-state index is 13.4. The van der Waals surface area contributed by atoms with E-state index in [1.807, 2.05) is 12.1 Å². The number of hydrogen-bond acceptors (Lipinski definition) is 3. The highest BCUT2D eigenvalue weighted by Crippen LogP contribution is 2.32. The molecule has 1 aliphatic rings. The molecule has 1 saturated heterocycles. The average Bonchev–Trinajstić information content (AvgIpc) is 2.74. The van der Waals surface area contributed by atoms with E-state index in [4.69, 9.17) is 35.4 Å². The van der Waals surface area contributed by atoms with E-state index in [2.05, 4.69) is 0 Å². The van der Waals surface area contributed by atoms with Crippen LogP contribution in [-0.2, 0) is 9.59 Å². The second-order valence-corrected chi connectivity index (χ2v) is 7.61. The highest BCUT2D eigenvalue weighted by molar-refractivity contribution is 7.81. The summed E-state index contributed by atoms with van der Waals surface area (Å²) in [6.45, 7) is 0. The van der Waals surface area contributed by atoms with Gasteiger partial charge in [-0.2, -0.15) is 0 Å². The number of anilines is 2. The van der Waals surface area contributed by atoms with Crippen LogP contribution >= 0.6 is 35.4 Å². The SMILES string of the molecule is O=C1C(=Cc2c(Cl)cccc2Cl)C(=O)N(c2ccccc2)C(=S)N1c1ccccc1. The lowest BCUT2D eigenvalue weighted by Gasteiger charge is -2.36. The van der Waals surface area contributed by atoms with Crippen LogP contribution in [-0.4, -0.2) is 16.9 Å². The third-order valence-electron chi connectivity index (χ3n) is 4.57. The number of carbonyl (C=O) groups excluding carboxylic acids is 2. The van der Waals surface area contributed by atoms with Crippen molar-refractivity contribution < 1.29 is 9.59 Å². The minimum absolute atomic E-state index is 0.0739. The Morgan fingerprint density at radius 1 is 0.667 bits per heavy atom. The predicted octanol–water partition coefficient (Wildman–Crippen LogP) is 5.74. The monoisotopic (exact) mass is 452 g/mol. The van der Waals surface area contributed by atoms with Crippen molar-refractivity contribution in [1.82, 2.24) is 0 Å². The smallest absolute Gasteiger partial charge is 0.268 e. The number of para-hydroxylation sites is 2. The highest BCUT2D eigenvalue weighted by atomic mass is 35.5. The first-order chi connectivity index (χ1) is 14.5. The van der Waals surface area contributed by atoms with Crippen LogP contribution < -0.4 is 9.80 Å². The third-order valence-corrected chi connectivity index (χ3v) is 5.59. The summed E-state index contributed by atoms with van der Waals surface area (Å²) in [5.74, 6) is -1.08. The minimum Gasteiger partial charge on any atom is -0.268 e. The zero-order chi connectivity index (χ0) is 21.3. The summed E-state index contributed by atoms with van der Waals surface area (Å²) < 4.78 is 0. The van der Waals surface area contributed by atoms with E-state index in [0.717, 1.165) is 0 Å². The molecule has 0 saturated carbocycles. The van der Waals surface area contributed by atoms with Gasteiger partial charge in [-0.05, 0) is 54.7 Å². The van der Waals surface area contributed by atoms with Gasteiger partial charge in [-0.25, -0.2) is 0 Å². The molecule has 0 aromatic heterocycles. The second-order valence-electron chi connectivity index (χ2n) is 6.43. The Labute approximate surface area is 188 Å². The molecular weight excluding hydrogens is 439 g/mol. The molecule has 4 rings (SSSR count). The maximum Gasteiger partial charge on any atom is 0.270 e. The van der Waals surface area contributed by atoms with E-state index in [9.17, 15) is 9.59 Å². The van der Waals surface area contributed by atoms with Crippen LogP contribution in [0.2, 0.25) is 10.0 Å². The van der Waals surface area contributed by atoms with Crippen molar-refractivity contribution in [2.24, 2.45) is 0 Å². The number of benzene rings is 3. The number of thiocarbonyl (C=S) groups is 1. The fraction of sp³-hybridized carbons (Fsp3) is 0. The number of halogens is 2. The molecule has 0 atom stereocenters. The van der Waals surface area contributed by atoms with Crippen molar-refractivity contribution in [3.63, 3.8) is 0 Å². The zero-order valence-electron chi connectivity index (χ0n) is 15.5. The van der Waals surface area contributed by atoms with Crippen LogP contribution in [0.4, 0.5) is 11.4 Å². The van der Waals surface area contributed by atoms with Crippen LogP contribution in [0.1, 0.15) is 5.56 Å². The van der Waals surface area contributed by atoms with Crippen LogP contribution in [0.15, 0.2) is 84.4 Å². The largest absolute Gasteiger partial charge is 0.270 e. The fourth-order valence-electron chi connectivity index (χ4n) is 3.13. The predicted molar refractivity (Wildman–Crippen MR) is 125 cm³/mol. The summed E-state index contributed by atoms with van der Waals surface area (Å²) in [7, 11) is 0. The van der Waals surface area contributed by atoms with Crippen molar-refractivity contribution in [2.45, 2.75) is 0 Å². The number of rotatable bonds is 3. The second kappa shape index (κ2) is 8.40. The fourth-order valence-corrected chi connectivity index (χ4v) is 4.02. The highest BCUT2D eigenvalue weighted by Gasteiger charge is 2.41. The van der Waals surface area contributed by atoms with Crippen molar-refractivity contribution >= 4 is 69.8 Å². The summed E-state index contributed by atoms with van der Waals surface area (Å²) in [6.07, 6.45) is 1.42. The topological polar surface area (TPSA) is 40.6 Å². The van der Waals surface area contributed by atoms with Gasteiger partial charge >= 0.3 is 0 Å². The minimum atomic E-state index is -0.542. The number of carbonyl (C=O) groups is 2. The zero-order valence-corrected chi connectivity index (χ0v) is 17.8. The molecule has 3 aromatic rings. The molecule has 7 heteroatoms. The van der Waals surface area contributed by atoms with Gasteiger partial charge in [-0.1, -0.05) is 65.7 Å². The van der Waals surface area contributed by atoms with Gasteiger partial charge in [0.15, 0.2) is 5.11 Å². The van der Waals surface area contributed by atoms with Crippen molar-refractivity contribution in [3.8, 4) is 0 Å². The first kappa shape index (κ1) is 20.3. The Morgan fingerprint density at radius 2 is 1.10 bits per heavy atom. The first-order valence-electron chi connectivity index (χ1n) is 8.97. The molecule has 148 valence electrons. The van der Waals surface area contributed by atoms with Crippen molar-refractivity contribution in [3.05, 3.63) is 100 Å². The summed E-state index contributed by atoms with van der Waals surface area (Å²) in [5, 5.41) is 0.743. The Kier molecular flexibility index (Phi) is 5.68. The van der Waals surface area contributed by atoms with E-state index in [-0.39, 0.29) is 10.7 Å². The average molecular weight is 453 g/mol. The summed E-state index contributed by atoms with van der Waals surface area (Å²) >= 11 is 18.1. The Hall–Kier alpha value is -2.99. The maximum atomic E-state index is 13.4. The molecule has 1 heterocycles.